The second-order valence-corrected chi connectivity index (χ2v) is 7.62. The normalized spacial score (nSPS) is 31.0. The summed E-state index contributed by atoms with van der Waals surface area (Å²) >= 11 is 4.32. The highest BCUT2D eigenvalue weighted by Crippen LogP contribution is 2.47. The molecule has 0 aliphatic carbocycles. The molecule has 4 atom stereocenters. The smallest absolute Gasteiger partial charge is 0.325 e. The van der Waals surface area contributed by atoms with Crippen molar-refractivity contribution in [3.8, 4) is 0 Å². The molecule has 2 aromatic heterocycles. The van der Waals surface area contributed by atoms with E-state index in [1.54, 1.807) is 0 Å². The first-order valence-electron chi connectivity index (χ1n) is 6.51. The number of hydrogen-bond acceptors (Lipinski definition) is 9. The average molecular weight is 381 g/mol. The Morgan fingerprint density at radius 2 is 2.17 bits per heavy atom. The van der Waals surface area contributed by atoms with Crippen LogP contribution in [0, 0.1) is 0 Å². The number of imidazole rings is 1. The summed E-state index contributed by atoms with van der Waals surface area (Å²) in [6, 6.07) is 0. The van der Waals surface area contributed by atoms with Crippen LogP contribution in [0.15, 0.2) is 12.7 Å². The Labute approximate surface area is 138 Å². The second-order valence-electron chi connectivity index (χ2n) is 5.00. The SMILES string of the molecule is Nc1ncnc2c1ncn2[C@]1(F)O[C@H](CO)[C@@H](OP(O)(O)=S)[C@H]1O. The van der Waals surface area contributed by atoms with Crippen molar-refractivity contribution in [1.82, 2.24) is 19.5 Å². The largest absolute Gasteiger partial charge is 0.394 e. The molecule has 24 heavy (non-hydrogen) atoms. The fraction of sp³-hybridized carbons (Fsp3) is 0.500. The van der Waals surface area contributed by atoms with Crippen molar-refractivity contribution < 1.29 is 33.7 Å². The van der Waals surface area contributed by atoms with Gasteiger partial charge in [-0.3, -0.25) is 9.09 Å². The van der Waals surface area contributed by atoms with Gasteiger partial charge in [0.1, 0.15) is 30.4 Å². The molecule has 0 bridgehead atoms. The summed E-state index contributed by atoms with van der Waals surface area (Å²) in [6.45, 7) is -5.02. The maximum absolute atomic E-state index is 15.4. The first-order valence-corrected chi connectivity index (χ1v) is 9.13. The first-order chi connectivity index (χ1) is 11.2. The molecule has 0 unspecified atom stereocenters. The van der Waals surface area contributed by atoms with Gasteiger partial charge < -0.3 is 30.5 Å². The minimum Gasteiger partial charge on any atom is -0.394 e. The van der Waals surface area contributed by atoms with E-state index in [0.29, 0.717) is 0 Å². The van der Waals surface area contributed by atoms with Gasteiger partial charge in [-0.05, 0) is 11.8 Å². The Bertz CT molecular complexity index is 818. The zero-order valence-electron chi connectivity index (χ0n) is 11.8. The number of hydrogen-bond donors (Lipinski definition) is 5. The van der Waals surface area contributed by atoms with Crippen molar-refractivity contribution in [2.24, 2.45) is 0 Å². The van der Waals surface area contributed by atoms with E-state index in [0.717, 1.165) is 17.2 Å². The van der Waals surface area contributed by atoms with E-state index in [9.17, 15) is 20.0 Å². The monoisotopic (exact) mass is 381 g/mol. The molecule has 0 spiro atoms. The van der Waals surface area contributed by atoms with Crippen LogP contribution in [0.5, 0.6) is 0 Å². The van der Waals surface area contributed by atoms with Gasteiger partial charge >= 0.3 is 12.7 Å². The van der Waals surface area contributed by atoms with Gasteiger partial charge in [0, 0.05) is 0 Å². The van der Waals surface area contributed by atoms with Crippen LogP contribution in [0.3, 0.4) is 0 Å². The number of fused-ring (bicyclic) bond motifs is 1. The number of aliphatic hydroxyl groups is 2. The van der Waals surface area contributed by atoms with Crippen LogP contribution in [0.25, 0.3) is 11.2 Å². The highest BCUT2D eigenvalue weighted by molar-refractivity contribution is 8.06. The number of nitrogens with zero attached hydrogens (tertiary/aromatic N) is 4. The Morgan fingerprint density at radius 1 is 1.46 bits per heavy atom. The first kappa shape index (κ1) is 17.5. The molecule has 1 fully saturated rings. The third-order valence-corrected chi connectivity index (χ3v) is 4.26. The lowest BCUT2D eigenvalue weighted by Crippen LogP contribution is -2.42. The van der Waals surface area contributed by atoms with E-state index >= 15 is 4.39 Å². The topological polar surface area (TPSA) is 169 Å². The van der Waals surface area contributed by atoms with Gasteiger partial charge in [-0.2, -0.15) is 4.39 Å². The van der Waals surface area contributed by atoms with Crippen molar-refractivity contribution in [1.29, 1.82) is 0 Å². The van der Waals surface area contributed by atoms with Crippen LogP contribution in [0.1, 0.15) is 0 Å². The van der Waals surface area contributed by atoms with Gasteiger partial charge in [0.25, 0.3) is 0 Å². The van der Waals surface area contributed by atoms with Gasteiger partial charge in [-0.25, -0.2) is 15.0 Å². The molecule has 3 rings (SSSR count). The van der Waals surface area contributed by atoms with E-state index in [1.165, 1.54) is 0 Å². The average Bonchev–Trinajstić information content (AvgIpc) is 3.03. The minimum absolute atomic E-state index is 0.0115. The summed E-state index contributed by atoms with van der Waals surface area (Å²) in [7, 11) is 0. The van der Waals surface area contributed by atoms with Crippen LogP contribution >= 0.6 is 6.72 Å². The maximum Gasteiger partial charge on any atom is 0.325 e. The predicted octanol–water partition coefficient (Wildman–Crippen LogP) is -1.67. The molecular weight excluding hydrogens is 368 g/mol. The van der Waals surface area contributed by atoms with Crippen LogP contribution in [0.2, 0.25) is 0 Å². The minimum atomic E-state index is -4.25. The number of rotatable bonds is 4. The molecule has 0 amide bonds. The number of nitrogens with two attached hydrogens (primary N) is 1. The second kappa shape index (κ2) is 5.89. The van der Waals surface area contributed by atoms with E-state index < -0.39 is 37.6 Å². The molecule has 11 nitrogen and oxygen atoms in total. The number of aromatic nitrogens is 4. The zero-order chi connectivity index (χ0) is 17.7. The molecule has 0 aromatic carbocycles. The van der Waals surface area contributed by atoms with Crippen LogP contribution in [-0.4, -0.2) is 64.4 Å². The summed E-state index contributed by atoms with van der Waals surface area (Å²) in [5.41, 5.74) is 5.62. The lowest BCUT2D eigenvalue weighted by Gasteiger charge is -2.25. The highest BCUT2D eigenvalue weighted by Gasteiger charge is 2.59. The van der Waals surface area contributed by atoms with E-state index in [4.69, 9.17) is 15.0 Å². The van der Waals surface area contributed by atoms with E-state index in [1.807, 2.05) is 0 Å². The van der Waals surface area contributed by atoms with Crippen molar-refractivity contribution >= 4 is 35.5 Å². The molecule has 6 N–H and O–H groups in total. The van der Waals surface area contributed by atoms with Crippen LogP contribution in [-0.2, 0) is 27.0 Å². The Morgan fingerprint density at radius 3 is 2.79 bits per heavy atom. The molecule has 0 saturated carbocycles. The Kier molecular flexibility index (Phi) is 4.30. The van der Waals surface area contributed by atoms with Crippen molar-refractivity contribution in [2.45, 2.75) is 24.3 Å². The fourth-order valence-corrected chi connectivity index (χ4v) is 3.32. The van der Waals surface area contributed by atoms with Gasteiger partial charge in [-0.15, -0.1) is 0 Å². The summed E-state index contributed by atoms with van der Waals surface area (Å²) in [5.74, 6) is -2.97. The number of ether oxygens (including phenoxy) is 1. The lowest BCUT2D eigenvalue weighted by molar-refractivity contribution is -0.235. The summed E-state index contributed by atoms with van der Waals surface area (Å²) < 4.78 is 25.9. The molecule has 14 heteroatoms. The van der Waals surface area contributed by atoms with Gasteiger partial charge in [0.2, 0.25) is 0 Å². The van der Waals surface area contributed by atoms with Crippen molar-refractivity contribution in [2.75, 3.05) is 12.3 Å². The Hall–Kier alpha value is -1.31. The number of alkyl halides is 1. The van der Waals surface area contributed by atoms with E-state index in [-0.39, 0.29) is 17.0 Å². The molecule has 0 radical (unpaired) electrons. The molecule has 1 aliphatic rings. The third-order valence-electron chi connectivity index (χ3n) is 3.49. The summed E-state index contributed by atoms with van der Waals surface area (Å²) in [6.07, 6.45) is -3.06. The highest BCUT2D eigenvalue weighted by atomic mass is 32.5. The fourth-order valence-electron chi connectivity index (χ4n) is 2.46. The van der Waals surface area contributed by atoms with Gasteiger partial charge in [0.15, 0.2) is 17.6 Å². The van der Waals surface area contributed by atoms with Crippen LogP contribution < -0.4 is 5.73 Å². The van der Waals surface area contributed by atoms with Gasteiger partial charge in [0.05, 0.1) is 6.61 Å². The Balaban J connectivity index is 2.06. The molecule has 2 aromatic rings. The predicted molar refractivity (Wildman–Crippen MR) is 80.4 cm³/mol. The lowest BCUT2D eigenvalue weighted by atomic mass is 10.1. The van der Waals surface area contributed by atoms with Crippen molar-refractivity contribution in [3.05, 3.63) is 12.7 Å². The molecule has 1 saturated heterocycles. The maximum atomic E-state index is 15.4. The number of nitrogen functional groups attached to an aromatic ring is 1. The standard InChI is InChI=1S/C10H13FN5O6PS/c11-10(16-3-15-5-8(12)13-2-14-9(5)16)7(18)6(4(1-17)21-10)22-23(19,20)24/h2-4,6-7,17-18H,1H2,(H2,12,13,14)(H2,19,20,24)/t4-,6-,7-,10+/m1/s1. The molecule has 1 aliphatic heterocycles. The van der Waals surface area contributed by atoms with E-state index in [2.05, 4.69) is 26.8 Å². The van der Waals surface area contributed by atoms with Gasteiger partial charge in [-0.1, -0.05) is 0 Å². The summed E-state index contributed by atoms with van der Waals surface area (Å²) in [5, 5.41) is 19.6. The third kappa shape index (κ3) is 2.78. The van der Waals surface area contributed by atoms with Crippen molar-refractivity contribution in [3.63, 3.8) is 0 Å². The number of anilines is 1. The summed E-state index contributed by atoms with van der Waals surface area (Å²) in [4.78, 5) is 29.9. The molecule has 3 heterocycles. The zero-order valence-corrected chi connectivity index (χ0v) is 13.5. The molecule has 132 valence electrons. The quantitative estimate of drug-likeness (QED) is 0.384. The molecular formula is C10H13FN5O6PS. The number of aliphatic hydroxyl groups excluding tert-OH is 2. The van der Waals surface area contributed by atoms with Crippen LogP contribution in [0.4, 0.5) is 10.2 Å². The number of halogens is 1.